The quantitative estimate of drug-likeness (QED) is 0.694. The third kappa shape index (κ3) is 4.95. The van der Waals surface area contributed by atoms with Crippen molar-refractivity contribution in [2.24, 2.45) is 0 Å². The highest BCUT2D eigenvalue weighted by atomic mass is 35.5. The molecule has 1 aliphatic heterocycles. The lowest BCUT2D eigenvalue weighted by molar-refractivity contribution is 0.0611. The fourth-order valence-electron chi connectivity index (χ4n) is 3.18. The molecule has 2 aromatic heterocycles. The molecule has 0 unspecified atom stereocenters. The SMILES string of the molecule is Cc1nn(Cc2ccc(C(=O)N3CCN(CCS(C)(=O)=O)CC3)o2)c(C)c1Cl. The van der Waals surface area contributed by atoms with E-state index in [1.807, 2.05) is 13.8 Å². The van der Waals surface area contributed by atoms with E-state index in [1.165, 1.54) is 6.26 Å². The van der Waals surface area contributed by atoms with E-state index in [0.717, 1.165) is 11.4 Å². The maximum absolute atomic E-state index is 12.7. The van der Waals surface area contributed by atoms with Gasteiger partial charge in [0.1, 0.15) is 15.6 Å². The fraction of sp³-hybridized carbons (Fsp3) is 0.556. The standard InChI is InChI=1S/C18H25ClN4O4S/c1-13-17(19)14(2)23(20-13)12-15-4-5-16(27-15)18(24)22-8-6-21(7-9-22)10-11-28(3,25)26/h4-5H,6-12H2,1-3H3. The number of piperazine rings is 1. The Morgan fingerprint density at radius 2 is 1.89 bits per heavy atom. The Bertz CT molecular complexity index is 958. The Hall–Kier alpha value is -1.84. The van der Waals surface area contributed by atoms with Gasteiger partial charge in [0.15, 0.2) is 5.76 Å². The van der Waals surface area contributed by atoms with E-state index in [0.29, 0.717) is 55.8 Å². The van der Waals surface area contributed by atoms with Crippen molar-refractivity contribution in [3.05, 3.63) is 40.1 Å². The molecule has 28 heavy (non-hydrogen) atoms. The summed E-state index contributed by atoms with van der Waals surface area (Å²) in [4.78, 5) is 16.5. The summed E-state index contributed by atoms with van der Waals surface area (Å²) in [7, 11) is -2.98. The third-order valence-corrected chi connectivity index (χ3v) is 6.38. The van der Waals surface area contributed by atoms with Crippen LogP contribution in [0.4, 0.5) is 0 Å². The second kappa shape index (κ2) is 8.26. The summed E-state index contributed by atoms with van der Waals surface area (Å²) in [5.41, 5.74) is 1.62. The summed E-state index contributed by atoms with van der Waals surface area (Å²) in [5.74, 6) is 0.920. The first-order chi connectivity index (χ1) is 13.1. The van der Waals surface area contributed by atoms with Crippen LogP contribution in [0.25, 0.3) is 0 Å². The van der Waals surface area contributed by atoms with Crippen LogP contribution in [0.3, 0.4) is 0 Å². The van der Waals surface area contributed by atoms with E-state index in [4.69, 9.17) is 16.0 Å². The lowest BCUT2D eigenvalue weighted by Crippen LogP contribution is -2.49. The first-order valence-corrected chi connectivity index (χ1v) is 11.6. The number of aromatic nitrogens is 2. The molecule has 0 aromatic carbocycles. The lowest BCUT2D eigenvalue weighted by atomic mass is 10.3. The van der Waals surface area contributed by atoms with Gasteiger partial charge in [-0.3, -0.25) is 14.4 Å². The van der Waals surface area contributed by atoms with Gasteiger partial charge in [0.2, 0.25) is 0 Å². The maximum atomic E-state index is 12.7. The van der Waals surface area contributed by atoms with Gasteiger partial charge in [-0.25, -0.2) is 8.42 Å². The van der Waals surface area contributed by atoms with Crippen molar-refractivity contribution in [2.45, 2.75) is 20.4 Å². The molecule has 0 spiro atoms. The van der Waals surface area contributed by atoms with Gasteiger partial charge in [-0.1, -0.05) is 11.6 Å². The number of halogens is 1. The molecule has 1 amide bonds. The van der Waals surface area contributed by atoms with Crippen molar-refractivity contribution in [3.63, 3.8) is 0 Å². The summed E-state index contributed by atoms with van der Waals surface area (Å²) < 4.78 is 30.1. The van der Waals surface area contributed by atoms with Crippen LogP contribution in [0.15, 0.2) is 16.5 Å². The summed E-state index contributed by atoms with van der Waals surface area (Å²) in [5, 5.41) is 5.01. The van der Waals surface area contributed by atoms with Gasteiger partial charge in [0.05, 0.1) is 28.7 Å². The van der Waals surface area contributed by atoms with Crippen molar-refractivity contribution in [3.8, 4) is 0 Å². The molecule has 3 rings (SSSR count). The minimum absolute atomic E-state index is 0.138. The Morgan fingerprint density at radius 1 is 1.21 bits per heavy atom. The van der Waals surface area contributed by atoms with Gasteiger partial charge in [0.25, 0.3) is 5.91 Å². The molecule has 3 heterocycles. The zero-order chi connectivity index (χ0) is 20.5. The molecule has 10 heteroatoms. The molecular weight excluding hydrogens is 404 g/mol. The molecule has 2 aromatic rings. The molecule has 1 saturated heterocycles. The highest BCUT2D eigenvalue weighted by Gasteiger charge is 2.25. The molecule has 0 saturated carbocycles. The summed E-state index contributed by atoms with van der Waals surface area (Å²) in [6, 6.07) is 3.46. The first kappa shape index (κ1) is 20.9. The Labute approximate surface area is 170 Å². The summed E-state index contributed by atoms with van der Waals surface area (Å²) in [6.07, 6.45) is 1.24. The highest BCUT2D eigenvalue weighted by molar-refractivity contribution is 7.90. The van der Waals surface area contributed by atoms with Gasteiger partial charge in [-0.05, 0) is 26.0 Å². The number of hydrogen-bond acceptors (Lipinski definition) is 6. The molecule has 0 aliphatic carbocycles. The van der Waals surface area contributed by atoms with E-state index < -0.39 is 9.84 Å². The molecule has 1 fully saturated rings. The Kier molecular flexibility index (Phi) is 6.16. The second-order valence-electron chi connectivity index (χ2n) is 7.17. The molecule has 8 nitrogen and oxygen atoms in total. The zero-order valence-corrected chi connectivity index (χ0v) is 17.9. The van der Waals surface area contributed by atoms with E-state index in [2.05, 4.69) is 10.00 Å². The average Bonchev–Trinajstić information content (AvgIpc) is 3.20. The van der Waals surface area contributed by atoms with Crippen molar-refractivity contribution >= 4 is 27.3 Å². The number of aryl methyl sites for hydroxylation is 1. The van der Waals surface area contributed by atoms with Crippen LogP contribution >= 0.6 is 11.6 Å². The number of carbonyl (C=O) groups is 1. The molecule has 0 bridgehead atoms. The molecular formula is C18H25ClN4O4S. The van der Waals surface area contributed by atoms with E-state index >= 15 is 0 Å². The highest BCUT2D eigenvalue weighted by Crippen LogP contribution is 2.21. The van der Waals surface area contributed by atoms with Gasteiger partial charge in [0, 0.05) is 39.0 Å². The fourth-order valence-corrected chi connectivity index (χ4v) is 3.90. The number of amides is 1. The number of rotatable bonds is 6. The maximum Gasteiger partial charge on any atom is 0.289 e. The Balaban J connectivity index is 1.57. The van der Waals surface area contributed by atoms with Crippen molar-refractivity contribution in [2.75, 3.05) is 44.7 Å². The predicted molar refractivity (Wildman–Crippen MR) is 107 cm³/mol. The number of sulfone groups is 1. The van der Waals surface area contributed by atoms with Crippen molar-refractivity contribution in [1.82, 2.24) is 19.6 Å². The average molecular weight is 429 g/mol. The van der Waals surface area contributed by atoms with Gasteiger partial charge < -0.3 is 9.32 Å². The van der Waals surface area contributed by atoms with Crippen LogP contribution in [0, 0.1) is 13.8 Å². The number of carbonyl (C=O) groups excluding carboxylic acids is 1. The molecule has 0 N–H and O–H groups in total. The van der Waals surface area contributed by atoms with E-state index in [1.54, 1.807) is 21.7 Å². The Morgan fingerprint density at radius 3 is 2.46 bits per heavy atom. The van der Waals surface area contributed by atoms with Crippen LogP contribution in [0.1, 0.15) is 27.7 Å². The zero-order valence-electron chi connectivity index (χ0n) is 16.3. The summed E-state index contributed by atoms with van der Waals surface area (Å²) >= 11 is 6.17. The minimum atomic E-state index is -2.98. The van der Waals surface area contributed by atoms with E-state index in [-0.39, 0.29) is 11.7 Å². The lowest BCUT2D eigenvalue weighted by Gasteiger charge is -2.34. The van der Waals surface area contributed by atoms with Gasteiger partial charge >= 0.3 is 0 Å². The normalized spacial score (nSPS) is 15.9. The number of furan rings is 1. The van der Waals surface area contributed by atoms with Crippen LogP contribution in [0.2, 0.25) is 5.02 Å². The van der Waals surface area contributed by atoms with Crippen LogP contribution in [-0.2, 0) is 16.4 Å². The number of nitrogens with zero attached hydrogens (tertiary/aromatic N) is 4. The van der Waals surface area contributed by atoms with Crippen LogP contribution in [0.5, 0.6) is 0 Å². The van der Waals surface area contributed by atoms with Crippen LogP contribution in [-0.4, -0.2) is 78.6 Å². The third-order valence-electron chi connectivity index (χ3n) is 4.91. The first-order valence-electron chi connectivity index (χ1n) is 9.11. The predicted octanol–water partition coefficient (Wildman–Crippen LogP) is 1.60. The summed E-state index contributed by atoms with van der Waals surface area (Å²) in [6.45, 7) is 7.04. The van der Waals surface area contributed by atoms with Gasteiger partial charge in [-0.2, -0.15) is 5.10 Å². The molecule has 1 aliphatic rings. The second-order valence-corrected chi connectivity index (χ2v) is 9.81. The molecule has 0 radical (unpaired) electrons. The monoisotopic (exact) mass is 428 g/mol. The van der Waals surface area contributed by atoms with Crippen molar-refractivity contribution in [1.29, 1.82) is 0 Å². The van der Waals surface area contributed by atoms with Gasteiger partial charge in [-0.15, -0.1) is 0 Å². The smallest absolute Gasteiger partial charge is 0.289 e. The van der Waals surface area contributed by atoms with E-state index in [9.17, 15) is 13.2 Å². The largest absolute Gasteiger partial charge is 0.454 e. The minimum Gasteiger partial charge on any atom is -0.454 e. The molecule has 0 atom stereocenters. The topological polar surface area (TPSA) is 88.7 Å². The molecule has 154 valence electrons. The number of hydrogen-bond donors (Lipinski definition) is 0. The van der Waals surface area contributed by atoms with Crippen molar-refractivity contribution < 1.29 is 17.6 Å². The van der Waals surface area contributed by atoms with Crippen LogP contribution < -0.4 is 0 Å².